The molecule has 11 aromatic rings. The summed E-state index contributed by atoms with van der Waals surface area (Å²) >= 11 is 0. The topological polar surface area (TPSA) is 9.72 Å². The fourth-order valence-corrected chi connectivity index (χ4v) is 10.8. The van der Waals surface area contributed by atoms with Crippen LogP contribution in [0.15, 0.2) is 261 Å². The zero-order chi connectivity index (χ0) is 44.3. The molecular formula is C64H45N3. The van der Waals surface area contributed by atoms with E-state index in [9.17, 15) is 0 Å². The van der Waals surface area contributed by atoms with Crippen LogP contribution < -0.4 is 14.7 Å². The molecule has 2 aliphatic rings. The number of rotatable bonds is 8. The van der Waals surface area contributed by atoms with Gasteiger partial charge in [0.25, 0.3) is 0 Å². The molecular weight excluding hydrogens is 811 g/mol. The molecule has 0 saturated carbocycles. The Bertz CT molecular complexity index is 3730. The predicted octanol–water partition coefficient (Wildman–Crippen LogP) is 17.6. The van der Waals surface area contributed by atoms with Crippen LogP contribution in [0.1, 0.15) is 11.5 Å². The fourth-order valence-electron chi connectivity index (χ4n) is 10.8. The van der Waals surface area contributed by atoms with Crippen LogP contribution in [-0.2, 0) is 0 Å². The number of anilines is 8. The Balaban J connectivity index is 0.941. The highest BCUT2D eigenvalue weighted by molar-refractivity contribution is 6.07. The maximum absolute atomic E-state index is 2.50. The monoisotopic (exact) mass is 855 g/mol. The smallest absolute Gasteiger partial charge is 0.0629 e. The summed E-state index contributed by atoms with van der Waals surface area (Å²) in [5.41, 5.74) is 12.9. The number of allylic oxidation sites excluding steroid dienone is 2. The van der Waals surface area contributed by atoms with Crippen molar-refractivity contribution in [1.29, 1.82) is 0 Å². The van der Waals surface area contributed by atoms with Crippen molar-refractivity contribution in [1.82, 2.24) is 0 Å². The second kappa shape index (κ2) is 16.1. The first-order valence-electron chi connectivity index (χ1n) is 23.2. The van der Waals surface area contributed by atoms with Gasteiger partial charge >= 0.3 is 0 Å². The zero-order valence-electron chi connectivity index (χ0n) is 36.8. The van der Waals surface area contributed by atoms with Crippen molar-refractivity contribution in [2.24, 2.45) is 0 Å². The van der Waals surface area contributed by atoms with Gasteiger partial charge in [-0.15, -0.1) is 0 Å². The second-order valence-corrected chi connectivity index (χ2v) is 17.7. The van der Waals surface area contributed by atoms with Crippen LogP contribution in [0.4, 0.5) is 45.5 Å². The van der Waals surface area contributed by atoms with Gasteiger partial charge < -0.3 is 14.7 Å². The summed E-state index contributed by atoms with van der Waals surface area (Å²) < 4.78 is 0. The summed E-state index contributed by atoms with van der Waals surface area (Å²) in [6.07, 6.45) is 9.12. The lowest BCUT2D eigenvalue weighted by molar-refractivity contribution is 0.745. The molecule has 2 atom stereocenters. The number of nitrogens with zero attached hydrogens (tertiary/aromatic N) is 3. The summed E-state index contributed by atoms with van der Waals surface area (Å²) in [7, 11) is 0. The zero-order valence-corrected chi connectivity index (χ0v) is 36.8. The van der Waals surface area contributed by atoms with E-state index < -0.39 is 0 Å². The lowest BCUT2D eigenvalue weighted by atomic mass is 9.91. The van der Waals surface area contributed by atoms with Gasteiger partial charge in [0.15, 0.2) is 0 Å². The Morgan fingerprint density at radius 3 is 1.61 bits per heavy atom. The van der Waals surface area contributed by atoms with E-state index in [1.807, 2.05) is 0 Å². The first kappa shape index (κ1) is 38.8. The molecule has 3 nitrogen and oxygen atoms in total. The molecule has 13 rings (SSSR count). The van der Waals surface area contributed by atoms with Gasteiger partial charge in [-0.25, -0.2) is 0 Å². The summed E-state index contributed by atoms with van der Waals surface area (Å²) in [4.78, 5) is 7.37. The molecule has 0 saturated heterocycles. The third-order valence-corrected chi connectivity index (χ3v) is 13.9. The molecule has 11 aromatic carbocycles. The Hall–Kier alpha value is -8.66. The third kappa shape index (κ3) is 6.66. The lowest BCUT2D eigenvalue weighted by Gasteiger charge is -2.29. The number of para-hydroxylation sites is 1. The Morgan fingerprint density at radius 1 is 0.343 bits per heavy atom. The molecule has 0 amide bonds. The van der Waals surface area contributed by atoms with Gasteiger partial charge in [-0.1, -0.05) is 182 Å². The van der Waals surface area contributed by atoms with Crippen molar-refractivity contribution in [2.75, 3.05) is 14.7 Å². The molecule has 0 N–H and O–H groups in total. The Labute approximate surface area is 391 Å². The Kier molecular flexibility index (Phi) is 9.31. The van der Waals surface area contributed by atoms with Crippen LogP contribution in [0.3, 0.4) is 0 Å². The molecule has 316 valence electrons. The van der Waals surface area contributed by atoms with Crippen molar-refractivity contribution >= 4 is 88.6 Å². The van der Waals surface area contributed by atoms with E-state index in [0.29, 0.717) is 0 Å². The van der Waals surface area contributed by atoms with Gasteiger partial charge in [0.2, 0.25) is 0 Å². The first-order valence-corrected chi connectivity index (χ1v) is 23.2. The minimum absolute atomic E-state index is 0.213. The minimum Gasteiger partial charge on any atom is -0.333 e. The van der Waals surface area contributed by atoms with Crippen molar-refractivity contribution in [3.05, 3.63) is 266 Å². The maximum atomic E-state index is 2.50. The van der Waals surface area contributed by atoms with Gasteiger partial charge in [0.05, 0.1) is 17.4 Å². The molecule has 0 aromatic heterocycles. The van der Waals surface area contributed by atoms with Crippen LogP contribution in [0, 0.1) is 0 Å². The maximum Gasteiger partial charge on any atom is 0.0629 e. The number of fused-ring (bicyclic) bond motifs is 7. The highest BCUT2D eigenvalue weighted by Crippen LogP contribution is 2.51. The largest absolute Gasteiger partial charge is 0.333 e. The molecule has 1 heterocycles. The predicted molar refractivity (Wildman–Crippen MR) is 285 cm³/mol. The quantitative estimate of drug-likeness (QED) is 0.151. The third-order valence-electron chi connectivity index (χ3n) is 13.9. The van der Waals surface area contributed by atoms with E-state index in [4.69, 9.17) is 0 Å². The van der Waals surface area contributed by atoms with Crippen molar-refractivity contribution in [3.8, 4) is 11.1 Å². The average molecular weight is 856 g/mol. The molecule has 0 fully saturated rings. The second-order valence-electron chi connectivity index (χ2n) is 17.7. The molecule has 2 unspecified atom stereocenters. The van der Waals surface area contributed by atoms with Crippen LogP contribution in [0.2, 0.25) is 0 Å². The van der Waals surface area contributed by atoms with E-state index in [-0.39, 0.29) is 12.0 Å². The molecule has 67 heavy (non-hydrogen) atoms. The fraction of sp³-hybridized carbons (Fsp3) is 0.0312. The minimum atomic E-state index is 0.213. The van der Waals surface area contributed by atoms with Gasteiger partial charge in [0, 0.05) is 50.8 Å². The molecule has 3 heteroatoms. The number of hydrogen-bond acceptors (Lipinski definition) is 3. The van der Waals surface area contributed by atoms with Crippen LogP contribution in [0.25, 0.3) is 54.2 Å². The molecule has 1 aliphatic heterocycles. The number of benzene rings is 11. The van der Waals surface area contributed by atoms with Crippen molar-refractivity contribution in [3.63, 3.8) is 0 Å². The van der Waals surface area contributed by atoms with Gasteiger partial charge in [-0.3, -0.25) is 0 Å². The summed E-state index contributed by atoms with van der Waals surface area (Å²) in [5.74, 6) is 0.235. The Morgan fingerprint density at radius 2 is 0.881 bits per heavy atom. The standard InChI is InChI=1S/C64H45N3/c1-2-21-50(22-3-1)67-62-27-13-12-26-59(62)60-43-54(37-39-64(60)67)66(53-36-30-45-16-5-7-19-49(45)42-53)63-40-38-55(57-24-10-11-25-58(57)63)47-31-33-51(34-32-47)65(52-35-29-44-15-4-6-18-48(44)41-52)61-28-14-20-46-17-8-9-23-56(46)61/h1-43,59,62H. The SMILES string of the molecule is C1=CC2c3cc(N(c4ccc5ccccc5c4)c4ccc(-c5ccc(N(c6ccc7ccccc7c6)c6cccc7ccccc67)cc5)c5ccccc45)ccc3N(c3ccccc3)C2C=C1. The van der Waals surface area contributed by atoms with Crippen LogP contribution in [-0.4, -0.2) is 6.04 Å². The van der Waals surface area contributed by atoms with Gasteiger partial charge in [-0.05, 0) is 128 Å². The van der Waals surface area contributed by atoms with Gasteiger partial charge in [-0.2, -0.15) is 0 Å². The lowest BCUT2D eigenvalue weighted by Crippen LogP contribution is -2.28. The highest BCUT2D eigenvalue weighted by Gasteiger charge is 2.38. The van der Waals surface area contributed by atoms with Crippen LogP contribution in [0.5, 0.6) is 0 Å². The van der Waals surface area contributed by atoms with E-state index in [1.165, 1.54) is 71.2 Å². The molecule has 1 aliphatic carbocycles. The molecule has 0 radical (unpaired) electrons. The average Bonchev–Trinajstić information content (AvgIpc) is 3.73. The summed E-state index contributed by atoms with van der Waals surface area (Å²) in [6, 6.07) is 87.0. The molecule has 0 spiro atoms. The highest BCUT2D eigenvalue weighted by atomic mass is 15.2. The van der Waals surface area contributed by atoms with Gasteiger partial charge in [0.1, 0.15) is 0 Å². The van der Waals surface area contributed by atoms with Crippen molar-refractivity contribution < 1.29 is 0 Å². The van der Waals surface area contributed by atoms with E-state index in [1.54, 1.807) is 0 Å². The summed E-state index contributed by atoms with van der Waals surface area (Å²) in [5, 5.41) is 9.70. The first-order chi connectivity index (χ1) is 33.2. The van der Waals surface area contributed by atoms with E-state index in [0.717, 1.165) is 34.1 Å². The van der Waals surface area contributed by atoms with E-state index >= 15 is 0 Å². The summed E-state index contributed by atoms with van der Waals surface area (Å²) in [6.45, 7) is 0. The normalized spacial score (nSPS) is 15.0. The van der Waals surface area contributed by atoms with Crippen LogP contribution >= 0.6 is 0 Å². The molecule has 0 bridgehead atoms. The van der Waals surface area contributed by atoms with E-state index in [2.05, 4.69) is 276 Å². The van der Waals surface area contributed by atoms with Crippen molar-refractivity contribution in [2.45, 2.75) is 12.0 Å². The number of hydrogen-bond donors (Lipinski definition) is 0.